The fraction of sp³-hybridized carbons (Fsp3) is 0.385. The van der Waals surface area contributed by atoms with Crippen LogP contribution in [0.1, 0.15) is 38.3 Å². The first-order valence-electron chi connectivity index (χ1n) is 17.0. The van der Waals surface area contributed by atoms with Crippen LogP contribution in [0.25, 0.3) is 10.8 Å². The minimum absolute atomic E-state index is 0.0843. The highest BCUT2D eigenvalue weighted by Crippen LogP contribution is 2.56. The SMILES string of the molecule is CC(C)[C@H](CO)N1C(=O)[C@H]2[C@@H]3C(=O)N[C@H](c4ccccc4)COC(=O)CC/C=C\CN(c4ccc5ccccc5c4)C(=O)[C@H]1[C@@]21C=C[C@@H]3O1. The van der Waals surface area contributed by atoms with Gasteiger partial charge in [-0.25, -0.2) is 0 Å². The maximum absolute atomic E-state index is 15.2. The number of hydrogen-bond acceptors (Lipinski definition) is 7. The molecular formula is C39H41N3O7. The average Bonchev–Trinajstić information content (AvgIpc) is 3.75. The van der Waals surface area contributed by atoms with Crippen molar-refractivity contribution in [2.45, 2.75) is 56.5 Å². The number of amides is 3. The number of carbonyl (C=O) groups excluding carboxylic acids is 4. The summed E-state index contributed by atoms with van der Waals surface area (Å²) in [6.45, 7) is 3.50. The van der Waals surface area contributed by atoms with Gasteiger partial charge in [-0.15, -0.1) is 0 Å². The second-order valence-electron chi connectivity index (χ2n) is 13.6. The Kier molecular flexibility index (Phi) is 8.85. The van der Waals surface area contributed by atoms with Crippen LogP contribution >= 0.6 is 0 Å². The number of carbonyl (C=O) groups is 4. The highest BCUT2D eigenvalue weighted by atomic mass is 16.5. The number of hydrogen-bond donors (Lipinski definition) is 2. The monoisotopic (exact) mass is 663 g/mol. The zero-order valence-corrected chi connectivity index (χ0v) is 27.6. The summed E-state index contributed by atoms with van der Waals surface area (Å²) in [6, 6.07) is 20.3. The van der Waals surface area contributed by atoms with Crippen molar-refractivity contribution in [3.05, 3.63) is 103 Å². The van der Waals surface area contributed by atoms with E-state index in [1.165, 1.54) is 4.90 Å². The van der Waals surface area contributed by atoms with Gasteiger partial charge in [-0.05, 0) is 40.8 Å². The lowest BCUT2D eigenvalue weighted by atomic mass is 9.74. The molecule has 0 radical (unpaired) electrons. The Hall–Kier alpha value is -4.80. The molecule has 10 nitrogen and oxygen atoms in total. The molecule has 3 aromatic carbocycles. The van der Waals surface area contributed by atoms with Crippen LogP contribution < -0.4 is 10.2 Å². The normalized spacial score (nSPS) is 30.1. The van der Waals surface area contributed by atoms with E-state index in [1.807, 2.05) is 98.8 Å². The number of aliphatic hydroxyl groups is 1. The van der Waals surface area contributed by atoms with Gasteiger partial charge in [-0.1, -0.05) is 98.8 Å². The zero-order chi connectivity index (χ0) is 34.3. The smallest absolute Gasteiger partial charge is 0.306 e. The van der Waals surface area contributed by atoms with E-state index in [1.54, 1.807) is 17.1 Å². The molecule has 10 heteroatoms. The Labute approximate surface area is 285 Å². The molecule has 0 saturated carbocycles. The van der Waals surface area contributed by atoms with Gasteiger partial charge in [0.2, 0.25) is 11.8 Å². The molecule has 254 valence electrons. The lowest BCUT2D eigenvalue weighted by Crippen LogP contribution is -2.59. The van der Waals surface area contributed by atoms with Crippen molar-refractivity contribution in [1.82, 2.24) is 10.2 Å². The lowest BCUT2D eigenvalue weighted by molar-refractivity contribution is -0.147. The Balaban J connectivity index is 1.35. The van der Waals surface area contributed by atoms with E-state index >= 15 is 4.79 Å². The van der Waals surface area contributed by atoms with Gasteiger partial charge in [-0.3, -0.25) is 19.2 Å². The van der Waals surface area contributed by atoms with Gasteiger partial charge in [-0.2, -0.15) is 0 Å². The number of ether oxygens (including phenoxy) is 2. The molecule has 5 bridgehead atoms. The number of rotatable bonds is 5. The fourth-order valence-electron chi connectivity index (χ4n) is 7.90. The molecule has 3 aromatic rings. The van der Waals surface area contributed by atoms with E-state index < -0.39 is 59.5 Å². The molecule has 49 heavy (non-hydrogen) atoms. The lowest BCUT2D eigenvalue weighted by Gasteiger charge is -2.40. The van der Waals surface area contributed by atoms with E-state index in [0.717, 1.165) is 16.3 Å². The topological polar surface area (TPSA) is 125 Å². The third-order valence-corrected chi connectivity index (χ3v) is 10.4. The number of nitrogens with zero attached hydrogens (tertiary/aromatic N) is 2. The number of likely N-dealkylation sites (tertiary alicyclic amines) is 1. The minimum atomic E-state index is -1.43. The number of anilines is 1. The predicted octanol–water partition coefficient (Wildman–Crippen LogP) is 4.09. The van der Waals surface area contributed by atoms with E-state index in [-0.39, 0.29) is 38.0 Å². The number of cyclic esters (lactones) is 1. The molecule has 0 aromatic heterocycles. The van der Waals surface area contributed by atoms with Crippen LogP contribution in [0.5, 0.6) is 0 Å². The van der Waals surface area contributed by atoms with Crippen molar-refractivity contribution in [1.29, 1.82) is 0 Å². The van der Waals surface area contributed by atoms with Crippen molar-refractivity contribution >= 4 is 40.2 Å². The van der Waals surface area contributed by atoms with Gasteiger partial charge in [0.05, 0.1) is 36.6 Å². The first-order valence-corrected chi connectivity index (χ1v) is 17.0. The van der Waals surface area contributed by atoms with E-state index in [2.05, 4.69) is 5.32 Å². The second-order valence-corrected chi connectivity index (χ2v) is 13.6. The highest BCUT2D eigenvalue weighted by molar-refractivity contribution is 6.06. The van der Waals surface area contributed by atoms with Gasteiger partial charge in [0.25, 0.3) is 5.91 Å². The number of esters is 1. The number of fused-ring (bicyclic) bond motifs is 3. The Morgan fingerprint density at radius 2 is 1.69 bits per heavy atom. The van der Waals surface area contributed by atoms with Gasteiger partial charge in [0, 0.05) is 18.7 Å². The van der Waals surface area contributed by atoms with Crippen LogP contribution in [0, 0.1) is 17.8 Å². The molecule has 3 amide bonds. The maximum Gasteiger partial charge on any atom is 0.306 e. The van der Waals surface area contributed by atoms with Crippen LogP contribution in [-0.2, 0) is 28.7 Å². The number of benzene rings is 3. The van der Waals surface area contributed by atoms with Crippen molar-refractivity contribution < 1.29 is 33.8 Å². The second kappa shape index (κ2) is 13.2. The molecule has 0 aliphatic carbocycles. The molecule has 7 atom stereocenters. The average molecular weight is 664 g/mol. The third kappa shape index (κ3) is 5.72. The molecular weight excluding hydrogens is 622 g/mol. The van der Waals surface area contributed by atoms with E-state index in [0.29, 0.717) is 12.1 Å². The van der Waals surface area contributed by atoms with Gasteiger partial charge in [0.1, 0.15) is 18.2 Å². The third-order valence-electron chi connectivity index (χ3n) is 10.4. The Morgan fingerprint density at radius 1 is 0.939 bits per heavy atom. The number of aliphatic hydroxyl groups excluding tert-OH is 1. The van der Waals surface area contributed by atoms with E-state index in [9.17, 15) is 19.5 Å². The van der Waals surface area contributed by atoms with E-state index in [4.69, 9.17) is 9.47 Å². The van der Waals surface area contributed by atoms with Crippen molar-refractivity contribution in [3.8, 4) is 0 Å². The fourth-order valence-corrected chi connectivity index (χ4v) is 7.90. The van der Waals surface area contributed by atoms with Crippen LogP contribution in [0.3, 0.4) is 0 Å². The number of allylic oxidation sites excluding steroid dienone is 1. The summed E-state index contributed by atoms with van der Waals surface area (Å²) in [6.07, 6.45) is 6.99. The van der Waals surface area contributed by atoms with Gasteiger partial charge >= 0.3 is 5.97 Å². The van der Waals surface area contributed by atoms with Gasteiger partial charge in [0.15, 0.2) is 0 Å². The summed E-state index contributed by atoms with van der Waals surface area (Å²) in [5, 5.41) is 15.6. The quantitative estimate of drug-likeness (QED) is 0.311. The molecule has 4 aliphatic rings. The number of nitrogens with one attached hydrogen (secondary N) is 1. The van der Waals surface area contributed by atoms with Gasteiger partial charge < -0.3 is 29.7 Å². The molecule has 7 rings (SSSR count). The van der Waals surface area contributed by atoms with Crippen LogP contribution in [0.4, 0.5) is 5.69 Å². The first-order chi connectivity index (χ1) is 23.7. The summed E-state index contributed by atoms with van der Waals surface area (Å²) >= 11 is 0. The molecule has 1 spiro atoms. The Bertz CT molecular complexity index is 1820. The summed E-state index contributed by atoms with van der Waals surface area (Å²) in [5.41, 5.74) is -0.0566. The molecule has 4 aliphatic heterocycles. The summed E-state index contributed by atoms with van der Waals surface area (Å²) < 4.78 is 12.3. The molecule has 2 fully saturated rings. The molecule has 2 N–H and O–H groups in total. The van der Waals surface area contributed by atoms with Crippen LogP contribution in [-0.4, -0.2) is 77.2 Å². The standard InChI is InChI=1S/C39H41N3O7/c1-24(2)30(22-43)42-35-38(47)41(28-17-16-25-11-8-9-14-27(25)21-28)20-10-4-7-15-32(44)48-23-29(26-12-5-3-6-13-26)40-36(45)33-31-18-19-39(35,49-31)34(33)37(42)46/h3-6,8-14,16-19,21,24,29-31,33-35,43H,7,15,20,22-23H2,1-2H3,(H,40,45)/b10-4-/t29-,30-,31-,33+,34+,35-,39+/m0/s1. The zero-order valence-electron chi connectivity index (χ0n) is 27.6. The van der Waals surface area contributed by atoms with Crippen LogP contribution in [0.15, 0.2) is 97.1 Å². The van der Waals surface area contributed by atoms with Crippen LogP contribution in [0.2, 0.25) is 0 Å². The van der Waals surface area contributed by atoms with Crippen molar-refractivity contribution in [2.75, 3.05) is 24.7 Å². The largest absolute Gasteiger partial charge is 0.463 e. The molecule has 0 unspecified atom stereocenters. The first kappa shape index (κ1) is 32.7. The summed E-state index contributed by atoms with van der Waals surface area (Å²) in [5.74, 6) is -3.79. The van der Waals surface area contributed by atoms with Crippen molar-refractivity contribution in [3.63, 3.8) is 0 Å². The predicted molar refractivity (Wildman–Crippen MR) is 183 cm³/mol. The maximum atomic E-state index is 15.2. The van der Waals surface area contributed by atoms with Crippen molar-refractivity contribution in [2.24, 2.45) is 17.8 Å². The summed E-state index contributed by atoms with van der Waals surface area (Å²) in [4.78, 5) is 60.0. The minimum Gasteiger partial charge on any atom is -0.463 e. The Morgan fingerprint density at radius 3 is 2.45 bits per heavy atom. The molecule has 4 heterocycles. The highest BCUT2D eigenvalue weighted by Gasteiger charge is 2.74. The molecule has 2 saturated heterocycles. The summed E-state index contributed by atoms with van der Waals surface area (Å²) in [7, 11) is 0.